The smallest absolute Gasteiger partial charge is 0.248 e. The number of carbonyl (C=O) groups is 1. The molecule has 0 unspecified atom stereocenters. The highest BCUT2D eigenvalue weighted by molar-refractivity contribution is 6.32. The van der Waals surface area contributed by atoms with Crippen molar-refractivity contribution in [1.29, 1.82) is 0 Å². The van der Waals surface area contributed by atoms with Crippen molar-refractivity contribution < 1.29 is 19.4 Å². The fourth-order valence-electron chi connectivity index (χ4n) is 3.68. The molecule has 0 aliphatic carbocycles. The number of nitrogens with one attached hydrogen (secondary N) is 1. The van der Waals surface area contributed by atoms with E-state index in [1.54, 1.807) is 23.2 Å². The van der Waals surface area contributed by atoms with E-state index in [1.807, 2.05) is 42.5 Å². The van der Waals surface area contributed by atoms with Crippen LogP contribution in [0.25, 0.3) is 10.9 Å². The third kappa shape index (κ3) is 5.26. The zero-order valence-corrected chi connectivity index (χ0v) is 19.4. The van der Waals surface area contributed by atoms with Crippen LogP contribution in [0.2, 0.25) is 5.02 Å². The summed E-state index contributed by atoms with van der Waals surface area (Å²) >= 11 is 6.45. The lowest BCUT2D eigenvalue weighted by molar-refractivity contribution is -0.142. The summed E-state index contributed by atoms with van der Waals surface area (Å²) < 4.78 is 11.8. The molecule has 1 fully saturated rings. The first-order valence-electron chi connectivity index (χ1n) is 11.0. The SMILES string of the molecule is O=C(CO)N1CC(Oc2ccc3ncnc(Nc4ccc(OCc5ccccn5)c(Cl)c4)c3c2)C1. The Balaban J connectivity index is 1.28. The molecule has 1 aliphatic heterocycles. The van der Waals surface area contributed by atoms with Crippen molar-refractivity contribution in [1.82, 2.24) is 19.9 Å². The topological polar surface area (TPSA) is 110 Å². The minimum atomic E-state index is -0.490. The first-order chi connectivity index (χ1) is 17.1. The molecular formula is C25H22ClN5O4. The lowest BCUT2D eigenvalue weighted by atomic mass is 10.1. The van der Waals surface area contributed by atoms with Crippen LogP contribution in [0.3, 0.4) is 0 Å². The van der Waals surface area contributed by atoms with Gasteiger partial charge in [-0.15, -0.1) is 0 Å². The van der Waals surface area contributed by atoms with E-state index >= 15 is 0 Å². The molecule has 5 rings (SSSR count). The highest BCUT2D eigenvalue weighted by Gasteiger charge is 2.31. The van der Waals surface area contributed by atoms with Crippen LogP contribution in [0, 0.1) is 0 Å². The number of hydrogen-bond donors (Lipinski definition) is 2. The Morgan fingerprint density at radius 1 is 1.11 bits per heavy atom. The minimum Gasteiger partial charge on any atom is -0.487 e. The summed E-state index contributed by atoms with van der Waals surface area (Å²) in [5.74, 6) is 1.51. The van der Waals surface area contributed by atoms with E-state index < -0.39 is 6.61 Å². The maximum Gasteiger partial charge on any atom is 0.248 e. The van der Waals surface area contributed by atoms with Crippen LogP contribution in [-0.2, 0) is 11.4 Å². The Hall–Kier alpha value is -3.95. The zero-order chi connectivity index (χ0) is 24.2. The highest BCUT2D eigenvalue weighted by atomic mass is 35.5. The molecule has 10 heteroatoms. The first kappa shape index (κ1) is 22.8. The molecule has 4 aromatic rings. The van der Waals surface area contributed by atoms with E-state index in [-0.39, 0.29) is 12.0 Å². The van der Waals surface area contributed by atoms with Gasteiger partial charge in [0.15, 0.2) is 0 Å². The van der Waals surface area contributed by atoms with Gasteiger partial charge in [-0.2, -0.15) is 0 Å². The maximum atomic E-state index is 11.5. The number of pyridine rings is 1. The summed E-state index contributed by atoms with van der Waals surface area (Å²) in [7, 11) is 0. The summed E-state index contributed by atoms with van der Waals surface area (Å²) in [6, 6.07) is 16.6. The number of halogens is 1. The predicted octanol–water partition coefficient (Wildman–Crippen LogP) is 3.58. The number of rotatable bonds is 8. The van der Waals surface area contributed by atoms with Crippen LogP contribution in [0.5, 0.6) is 11.5 Å². The van der Waals surface area contributed by atoms with E-state index in [0.29, 0.717) is 42.0 Å². The van der Waals surface area contributed by atoms with Gasteiger partial charge in [0.1, 0.15) is 43.0 Å². The Bertz CT molecular complexity index is 1350. The lowest BCUT2D eigenvalue weighted by Gasteiger charge is -2.38. The molecule has 2 aromatic carbocycles. The molecule has 35 heavy (non-hydrogen) atoms. The molecule has 3 heterocycles. The number of nitrogens with zero attached hydrogens (tertiary/aromatic N) is 4. The molecule has 9 nitrogen and oxygen atoms in total. The van der Waals surface area contributed by atoms with Gasteiger partial charge in [0, 0.05) is 17.3 Å². The average Bonchev–Trinajstić information content (AvgIpc) is 2.86. The number of ether oxygens (including phenoxy) is 2. The second-order valence-corrected chi connectivity index (χ2v) is 8.39. The molecule has 1 saturated heterocycles. The number of aromatic nitrogens is 3. The quantitative estimate of drug-likeness (QED) is 0.385. The van der Waals surface area contributed by atoms with Gasteiger partial charge < -0.3 is 24.8 Å². The number of amides is 1. The standard InChI is InChI=1S/C25H22ClN5O4/c26-21-9-16(4-7-23(21)34-14-17-3-1-2-8-27-17)30-25-20-10-18(5-6-22(20)28-15-29-25)35-19-11-31(12-19)24(33)13-32/h1-10,15,19,32H,11-14H2,(H,28,29,30). The molecule has 0 saturated carbocycles. The number of benzene rings is 2. The Kier molecular flexibility index (Phi) is 6.60. The number of fused-ring (bicyclic) bond motifs is 1. The second-order valence-electron chi connectivity index (χ2n) is 7.98. The molecule has 0 atom stereocenters. The molecule has 1 amide bonds. The van der Waals surface area contributed by atoms with E-state index in [0.717, 1.165) is 22.3 Å². The van der Waals surface area contributed by atoms with Crippen LogP contribution >= 0.6 is 11.6 Å². The van der Waals surface area contributed by atoms with E-state index in [2.05, 4.69) is 20.3 Å². The fraction of sp³-hybridized carbons (Fsp3) is 0.200. The van der Waals surface area contributed by atoms with Crippen molar-refractivity contribution >= 4 is 39.9 Å². The molecule has 0 bridgehead atoms. The van der Waals surface area contributed by atoms with E-state index in [9.17, 15) is 4.79 Å². The minimum absolute atomic E-state index is 0.124. The van der Waals surface area contributed by atoms with E-state index in [4.69, 9.17) is 26.2 Å². The number of aliphatic hydroxyl groups is 1. The van der Waals surface area contributed by atoms with Crippen molar-refractivity contribution in [2.75, 3.05) is 25.0 Å². The number of hydrogen-bond acceptors (Lipinski definition) is 8. The van der Waals surface area contributed by atoms with Crippen molar-refractivity contribution in [3.05, 3.63) is 77.8 Å². The number of aliphatic hydroxyl groups excluding tert-OH is 1. The van der Waals surface area contributed by atoms with Gasteiger partial charge in [-0.05, 0) is 48.5 Å². The Labute approximate surface area is 206 Å². The summed E-state index contributed by atoms with van der Waals surface area (Å²) in [6.07, 6.45) is 3.08. The van der Waals surface area contributed by atoms with Gasteiger partial charge in [0.25, 0.3) is 0 Å². The molecule has 0 spiro atoms. The van der Waals surface area contributed by atoms with Gasteiger partial charge >= 0.3 is 0 Å². The molecule has 178 valence electrons. The van der Waals surface area contributed by atoms with Crippen LogP contribution in [0.4, 0.5) is 11.5 Å². The van der Waals surface area contributed by atoms with Gasteiger partial charge in [0.05, 0.1) is 29.3 Å². The van der Waals surface area contributed by atoms with Gasteiger partial charge in [0.2, 0.25) is 5.91 Å². The molecular weight excluding hydrogens is 470 g/mol. The van der Waals surface area contributed by atoms with E-state index in [1.165, 1.54) is 6.33 Å². The number of likely N-dealkylation sites (tertiary alicyclic amines) is 1. The number of anilines is 2. The lowest BCUT2D eigenvalue weighted by Crippen LogP contribution is -2.56. The summed E-state index contributed by atoms with van der Waals surface area (Å²) in [6.45, 7) is 0.720. The summed E-state index contributed by atoms with van der Waals surface area (Å²) in [4.78, 5) is 26.0. The van der Waals surface area contributed by atoms with Crippen molar-refractivity contribution in [3.63, 3.8) is 0 Å². The monoisotopic (exact) mass is 491 g/mol. The van der Waals surface area contributed by atoms with Crippen molar-refractivity contribution in [2.45, 2.75) is 12.7 Å². The van der Waals surface area contributed by atoms with Crippen molar-refractivity contribution in [3.8, 4) is 11.5 Å². The molecule has 0 radical (unpaired) electrons. The Morgan fingerprint density at radius 2 is 2.00 bits per heavy atom. The van der Waals surface area contributed by atoms with Gasteiger partial charge in [-0.1, -0.05) is 17.7 Å². The predicted molar refractivity (Wildman–Crippen MR) is 131 cm³/mol. The highest BCUT2D eigenvalue weighted by Crippen LogP contribution is 2.32. The summed E-state index contributed by atoms with van der Waals surface area (Å²) in [5.41, 5.74) is 2.30. The molecule has 1 aliphatic rings. The molecule has 2 N–H and O–H groups in total. The van der Waals surface area contributed by atoms with Gasteiger partial charge in [-0.3, -0.25) is 9.78 Å². The zero-order valence-electron chi connectivity index (χ0n) is 18.6. The summed E-state index contributed by atoms with van der Waals surface area (Å²) in [5, 5.41) is 13.5. The van der Waals surface area contributed by atoms with Crippen LogP contribution in [0.15, 0.2) is 67.1 Å². The normalized spacial score (nSPS) is 13.4. The van der Waals surface area contributed by atoms with Crippen LogP contribution < -0.4 is 14.8 Å². The van der Waals surface area contributed by atoms with Crippen LogP contribution in [-0.4, -0.2) is 56.7 Å². The fourth-order valence-corrected chi connectivity index (χ4v) is 3.92. The van der Waals surface area contributed by atoms with Crippen LogP contribution in [0.1, 0.15) is 5.69 Å². The third-order valence-electron chi connectivity index (χ3n) is 5.54. The third-order valence-corrected chi connectivity index (χ3v) is 5.84. The molecule has 2 aromatic heterocycles. The largest absolute Gasteiger partial charge is 0.487 e. The Morgan fingerprint density at radius 3 is 2.77 bits per heavy atom. The van der Waals surface area contributed by atoms with Crippen molar-refractivity contribution in [2.24, 2.45) is 0 Å². The van der Waals surface area contributed by atoms with Gasteiger partial charge in [-0.25, -0.2) is 9.97 Å². The number of carbonyl (C=O) groups excluding carboxylic acids is 1. The maximum absolute atomic E-state index is 11.5. The second kappa shape index (κ2) is 10.1. The average molecular weight is 492 g/mol. The first-order valence-corrected chi connectivity index (χ1v) is 11.4.